The van der Waals surface area contributed by atoms with Crippen LogP contribution >= 0.6 is 7.60 Å². The number of hydrogen-bond donors (Lipinski definition) is 0. The molecular formula is C15H30NO3P. The first-order chi connectivity index (χ1) is 9.62. The lowest BCUT2D eigenvalue weighted by Gasteiger charge is -2.44. The van der Waals surface area contributed by atoms with Crippen LogP contribution in [0.1, 0.15) is 51.9 Å². The van der Waals surface area contributed by atoms with E-state index in [1.807, 2.05) is 0 Å². The van der Waals surface area contributed by atoms with Gasteiger partial charge in [-0.3, -0.25) is 4.57 Å². The maximum Gasteiger partial charge on any atom is 0.327 e. The number of hydrogen-bond acceptors (Lipinski definition) is 4. The maximum atomic E-state index is 12.2. The van der Waals surface area contributed by atoms with Crippen molar-refractivity contribution in [1.29, 1.82) is 0 Å². The summed E-state index contributed by atoms with van der Waals surface area (Å²) >= 11 is 0. The molecule has 5 heteroatoms. The summed E-state index contributed by atoms with van der Waals surface area (Å²) in [6, 6.07) is 0.646. The van der Waals surface area contributed by atoms with Crippen LogP contribution in [0.4, 0.5) is 0 Å². The van der Waals surface area contributed by atoms with Gasteiger partial charge in [-0.1, -0.05) is 19.8 Å². The van der Waals surface area contributed by atoms with Crippen molar-refractivity contribution < 1.29 is 13.6 Å². The molecule has 0 spiro atoms. The smallest absolute Gasteiger partial charge is 0.309 e. The Kier molecular flexibility index (Phi) is 6.54. The van der Waals surface area contributed by atoms with E-state index in [0.717, 1.165) is 12.8 Å². The fourth-order valence-electron chi connectivity index (χ4n) is 3.41. The van der Waals surface area contributed by atoms with Crippen LogP contribution in [0.3, 0.4) is 0 Å². The van der Waals surface area contributed by atoms with E-state index in [2.05, 4.69) is 11.8 Å². The highest BCUT2D eigenvalue weighted by Crippen LogP contribution is 2.45. The predicted molar refractivity (Wildman–Crippen MR) is 82.3 cm³/mol. The summed E-state index contributed by atoms with van der Waals surface area (Å²) in [4.78, 5) is 2.61. The van der Waals surface area contributed by atoms with Crippen molar-refractivity contribution >= 4 is 7.60 Å². The fraction of sp³-hybridized carbons (Fsp3) is 1.00. The second-order valence-electron chi connectivity index (χ2n) is 6.26. The van der Waals surface area contributed by atoms with Crippen LogP contribution in [0, 0.1) is 5.92 Å². The Morgan fingerprint density at radius 3 is 2.75 bits per heavy atom. The molecule has 0 N–H and O–H groups in total. The van der Waals surface area contributed by atoms with E-state index in [1.54, 1.807) is 6.66 Å². The Hall–Kier alpha value is 0.110. The van der Waals surface area contributed by atoms with Crippen molar-refractivity contribution in [2.24, 2.45) is 5.92 Å². The van der Waals surface area contributed by atoms with E-state index in [-0.39, 0.29) is 0 Å². The first-order valence-electron chi connectivity index (χ1n) is 8.23. The third kappa shape index (κ3) is 4.84. The second-order valence-corrected chi connectivity index (χ2v) is 8.31. The van der Waals surface area contributed by atoms with Gasteiger partial charge in [0, 0.05) is 12.7 Å². The SMILES string of the molecule is CCCCO[P@](C)(=O)OC[C@H]1CCCN2CCCC[C@@H]12. The van der Waals surface area contributed by atoms with Gasteiger partial charge >= 0.3 is 7.60 Å². The Bertz CT molecular complexity index is 335. The number of nitrogens with zero attached hydrogens (tertiary/aromatic N) is 1. The molecule has 20 heavy (non-hydrogen) atoms. The highest BCUT2D eigenvalue weighted by atomic mass is 31.2. The molecule has 0 aliphatic carbocycles. The standard InChI is InChI=1S/C15H30NO3P/c1-3-4-12-18-20(2,17)19-13-14-8-7-11-16-10-6-5-9-15(14)16/h14-15H,3-13H2,1-2H3/t14-,15+,20+/m1/s1. The van der Waals surface area contributed by atoms with Gasteiger partial charge in [0.1, 0.15) is 0 Å². The molecule has 0 amide bonds. The molecule has 4 nitrogen and oxygen atoms in total. The normalized spacial score (nSPS) is 30.7. The predicted octanol–water partition coefficient (Wildman–Crippen LogP) is 3.91. The largest absolute Gasteiger partial charge is 0.327 e. The Morgan fingerprint density at radius 1 is 1.15 bits per heavy atom. The van der Waals surface area contributed by atoms with Gasteiger partial charge in [-0.25, -0.2) is 0 Å². The maximum absolute atomic E-state index is 12.2. The van der Waals surface area contributed by atoms with Crippen LogP contribution in [0.2, 0.25) is 0 Å². The van der Waals surface area contributed by atoms with E-state index in [0.29, 0.717) is 25.2 Å². The van der Waals surface area contributed by atoms with Crippen molar-refractivity contribution in [3.8, 4) is 0 Å². The molecule has 2 fully saturated rings. The average Bonchev–Trinajstić information content (AvgIpc) is 2.45. The van der Waals surface area contributed by atoms with Crippen LogP contribution in [0.5, 0.6) is 0 Å². The van der Waals surface area contributed by atoms with Gasteiger partial charge in [0.2, 0.25) is 0 Å². The summed E-state index contributed by atoms with van der Waals surface area (Å²) in [7, 11) is -2.85. The van der Waals surface area contributed by atoms with Gasteiger partial charge in [-0.05, 0) is 51.1 Å². The van der Waals surface area contributed by atoms with Crippen LogP contribution < -0.4 is 0 Å². The minimum absolute atomic E-state index is 0.534. The molecule has 0 saturated carbocycles. The minimum atomic E-state index is -2.85. The summed E-state index contributed by atoms with van der Waals surface area (Å²) in [5.74, 6) is 0.534. The van der Waals surface area contributed by atoms with E-state index < -0.39 is 7.60 Å². The summed E-state index contributed by atoms with van der Waals surface area (Å²) in [6.07, 6.45) is 8.38. The van der Waals surface area contributed by atoms with Gasteiger partial charge in [0.05, 0.1) is 13.2 Å². The van der Waals surface area contributed by atoms with E-state index in [4.69, 9.17) is 9.05 Å². The zero-order valence-electron chi connectivity index (χ0n) is 13.1. The van der Waals surface area contributed by atoms with Gasteiger partial charge < -0.3 is 13.9 Å². The monoisotopic (exact) mass is 303 g/mol. The number of piperidine rings is 2. The molecular weight excluding hydrogens is 273 g/mol. The molecule has 0 aromatic carbocycles. The fourth-order valence-corrected chi connectivity index (χ4v) is 4.41. The third-order valence-electron chi connectivity index (χ3n) is 4.58. The summed E-state index contributed by atoms with van der Waals surface area (Å²) in [5.41, 5.74) is 0. The highest BCUT2D eigenvalue weighted by Gasteiger charge is 2.34. The first-order valence-corrected chi connectivity index (χ1v) is 10.2. The number of unbranched alkanes of at least 4 members (excludes halogenated alkanes) is 1. The van der Waals surface area contributed by atoms with Gasteiger partial charge in [-0.15, -0.1) is 0 Å². The number of rotatable bonds is 7. The Labute approximate surface area is 123 Å². The lowest BCUT2D eigenvalue weighted by Crippen LogP contribution is -2.49. The van der Waals surface area contributed by atoms with Crippen molar-refractivity contribution in [1.82, 2.24) is 4.90 Å². The first kappa shape index (κ1) is 16.5. The molecule has 2 rings (SSSR count). The topological polar surface area (TPSA) is 38.8 Å². The molecule has 2 heterocycles. The molecule has 118 valence electrons. The van der Waals surface area contributed by atoms with Crippen molar-refractivity contribution in [2.75, 3.05) is 33.0 Å². The quantitative estimate of drug-likeness (QED) is 0.528. The summed E-state index contributed by atoms with van der Waals surface area (Å²) in [5, 5.41) is 0. The van der Waals surface area contributed by atoms with Crippen molar-refractivity contribution in [3.63, 3.8) is 0 Å². The van der Waals surface area contributed by atoms with Crippen LogP contribution in [0.15, 0.2) is 0 Å². The van der Waals surface area contributed by atoms with Crippen LogP contribution in [-0.2, 0) is 13.6 Å². The minimum Gasteiger partial charge on any atom is -0.309 e. The molecule has 0 unspecified atom stereocenters. The molecule has 0 bridgehead atoms. The Balaban J connectivity index is 1.78. The van der Waals surface area contributed by atoms with Crippen LogP contribution in [-0.4, -0.2) is 43.9 Å². The summed E-state index contributed by atoms with van der Waals surface area (Å²) < 4.78 is 23.3. The van der Waals surface area contributed by atoms with Gasteiger partial charge in [-0.2, -0.15) is 0 Å². The lowest BCUT2D eigenvalue weighted by molar-refractivity contribution is 0.0329. The zero-order valence-corrected chi connectivity index (χ0v) is 13.9. The lowest BCUT2D eigenvalue weighted by atomic mass is 9.84. The van der Waals surface area contributed by atoms with Gasteiger partial charge in [0.15, 0.2) is 0 Å². The van der Waals surface area contributed by atoms with Crippen molar-refractivity contribution in [2.45, 2.75) is 57.9 Å². The van der Waals surface area contributed by atoms with Crippen LogP contribution in [0.25, 0.3) is 0 Å². The van der Waals surface area contributed by atoms with Gasteiger partial charge in [0.25, 0.3) is 0 Å². The van der Waals surface area contributed by atoms with E-state index >= 15 is 0 Å². The zero-order chi connectivity index (χ0) is 14.4. The average molecular weight is 303 g/mol. The van der Waals surface area contributed by atoms with E-state index in [1.165, 1.54) is 45.2 Å². The molecule has 3 atom stereocenters. The number of fused-ring (bicyclic) bond motifs is 1. The Morgan fingerprint density at radius 2 is 1.95 bits per heavy atom. The highest BCUT2D eigenvalue weighted by molar-refractivity contribution is 7.52. The molecule has 2 aliphatic rings. The van der Waals surface area contributed by atoms with E-state index in [9.17, 15) is 4.57 Å². The second kappa shape index (κ2) is 7.93. The summed E-state index contributed by atoms with van der Waals surface area (Å²) in [6.45, 7) is 7.33. The molecule has 0 aromatic rings. The molecule has 2 aliphatic heterocycles. The molecule has 0 aromatic heterocycles. The molecule has 0 radical (unpaired) electrons. The van der Waals surface area contributed by atoms with Crippen molar-refractivity contribution in [3.05, 3.63) is 0 Å². The third-order valence-corrected chi connectivity index (χ3v) is 5.85. The molecule has 2 saturated heterocycles.